The van der Waals surface area contributed by atoms with Crippen LogP contribution in [0, 0.1) is 11.3 Å². The Morgan fingerprint density at radius 1 is 1.32 bits per heavy atom. The molecule has 5 heteroatoms. The van der Waals surface area contributed by atoms with E-state index >= 15 is 0 Å². The Labute approximate surface area is 115 Å². The fraction of sp³-hybridized carbons (Fsp3) is 0.571. The van der Waals surface area contributed by atoms with Crippen LogP contribution in [-0.2, 0) is 16.6 Å². The molecule has 108 valence electrons. The number of hydrogen-bond acceptors (Lipinski definition) is 3. The standard InChI is InChI=1S/C14H23NO3S/c1-11(2)14(3,4)10-15-19(17,18)13-7-5-6-12(8-13)9-16/h5-8,11,15-16H,9-10H2,1-4H3. The van der Waals surface area contributed by atoms with Crippen molar-refractivity contribution in [2.45, 2.75) is 39.2 Å². The number of benzene rings is 1. The molecule has 0 aromatic heterocycles. The summed E-state index contributed by atoms with van der Waals surface area (Å²) in [7, 11) is -3.52. The van der Waals surface area contributed by atoms with E-state index < -0.39 is 10.0 Å². The van der Waals surface area contributed by atoms with Gasteiger partial charge in [0.05, 0.1) is 11.5 Å². The van der Waals surface area contributed by atoms with Crippen LogP contribution in [0.15, 0.2) is 29.2 Å². The largest absolute Gasteiger partial charge is 0.392 e. The quantitative estimate of drug-likeness (QED) is 0.841. The molecule has 0 heterocycles. The molecule has 0 unspecified atom stereocenters. The lowest BCUT2D eigenvalue weighted by Gasteiger charge is -2.29. The first kappa shape index (κ1) is 16.1. The van der Waals surface area contributed by atoms with E-state index in [0.717, 1.165) is 0 Å². The molecule has 0 aliphatic heterocycles. The molecule has 0 radical (unpaired) electrons. The van der Waals surface area contributed by atoms with Gasteiger partial charge in [0.2, 0.25) is 10.0 Å². The second-order valence-electron chi connectivity index (χ2n) is 5.77. The van der Waals surface area contributed by atoms with Crippen molar-refractivity contribution in [3.63, 3.8) is 0 Å². The summed E-state index contributed by atoms with van der Waals surface area (Å²) in [5, 5.41) is 9.04. The SMILES string of the molecule is CC(C)C(C)(C)CNS(=O)(=O)c1cccc(CO)c1. The highest BCUT2D eigenvalue weighted by molar-refractivity contribution is 7.89. The average Bonchev–Trinajstić information content (AvgIpc) is 2.36. The predicted molar refractivity (Wildman–Crippen MR) is 76.2 cm³/mol. The van der Waals surface area contributed by atoms with Crippen molar-refractivity contribution < 1.29 is 13.5 Å². The van der Waals surface area contributed by atoms with Crippen molar-refractivity contribution in [3.8, 4) is 0 Å². The third kappa shape index (κ3) is 4.30. The van der Waals surface area contributed by atoms with Crippen molar-refractivity contribution in [2.75, 3.05) is 6.54 Å². The van der Waals surface area contributed by atoms with Gasteiger partial charge in [0.15, 0.2) is 0 Å². The van der Waals surface area contributed by atoms with E-state index in [1.165, 1.54) is 12.1 Å². The summed E-state index contributed by atoms with van der Waals surface area (Å²) in [5.41, 5.74) is 0.479. The first-order chi connectivity index (χ1) is 8.69. The molecule has 0 saturated heterocycles. The first-order valence-electron chi connectivity index (χ1n) is 6.38. The van der Waals surface area contributed by atoms with Crippen LogP contribution in [0.2, 0.25) is 0 Å². The molecule has 0 aliphatic carbocycles. The van der Waals surface area contributed by atoms with Crippen molar-refractivity contribution >= 4 is 10.0 Å². The molecule has 0 atom stereocenters. The van der Waals surface area contributed by atoms with E-state index in [4.69, 9.17) is 5.11 Å². The molecule has 1 aromatic rings. The molecular weight excluding hydrogens is 262 g/mol. The lowest BCUT2D eigenvalue weighted by atomic mass is 9.81. The molecular formula is C14H23NO3S. The zero-order valence-corrected chi connectivity index (χ0v) is 12.8. The Morgan fingerprint density at radius 2 is 1.95 bits per heavy atom. The predicted octanol–water partition coefficient (Wildman–Crippen LogP) is 2.14. The molecule has 0 amide bonds. The molecule has 19 heavy (non-hydrogen) atoms. The van der Waals surface area contributed by atoms with Gasteiger partial charge in [-0.05, 0) is 29.0 Å². The van der Waals surface area contributed by atoms with E-state index in [1.54, 1.807) is 12.1 Å². The fourth-order valence-corrected chi connectivity index (χ4v) is 2.67. The van der Waals surface area contributed by atoms with Gasteiger partial charge in [0, 0.05) is 6.54 Å². The smallest absolute Gasteiger partial charge is 0.240 e. The summed E-state index contributed by atoms with van der Waals surface area (Å²) in [6.07, 6.45) is 0. The number of aliphatic hydroxyl groups is 1. The van der Waals surface area contributed by atoms with E-state index in [1.807, 2.05) is 13.8 Å². The van der Waals surface area contributed by atoms with Crippen LogP contribution in [0.1, 0.15) is 33.3 Å². The van der Waals surface area contributed by atoms with Crippen LogP contribution >= 0.6 is 0 Å². The van der Waals surface area contributed by atoms with Crippen molar-refractivity contribution in [3.05, 3.63) is 29.8 Å². The van der Waals surface area contributed by atoms with Gasteiger partial charge >= 0.3 is 0 Å². The zero-order chi connectivity index (χ0) is 14.7. The van der Waals surface area contributed by atoms with Crippen LogP contribution in [0.25, 0.3) is 0 Å². The van der Waals surface area contributed by atoms with E-state index in [9.17, 15) is 8.42 Å². The minimum Gasteiger partial charge on any atom is -0.392 e. The highest BCUT2D eigenvalue weighted by atomic mass is 32.2. The van der Waals surface area contributed by atoms with Crippen molar-refractivity contribution in [1.82, 2.24) is 4.72 Å². The molecule has 0 bridgehead atoms. The first-order valence-corrected chi connectivity index (χ1v) is 7.87. The van der Waals surface area contributed by atoms with Gasteiger partial charge in [-0.15, -0.1) is 0 Å². The van der Waals surface area contributed by atoms with Crippen molar-refractivity contribution in [1.29, 1.82) is 0 Å². The highest BCUT2D eigenvalue weighted by Crippen LogP contribution is 2.25. The van der Waals surface area contributed by atoms with Gasteiger partial charge in [0.25, 0.3) is 0 Å². The zero-order valence-electron chi connectivity index (χ0n) is 12.0. The van der Waals surface area contributed by atoms with Crippen LogP contribution < -0.4 is 4.72 Å². The van der Waals surface area contributed by atoms with Gasteiger partial charge in [0.1, 0.15) is 0 Å². The maximum atomic E-state index is 12.2. The van der Waals surface area contributed by atoms with Gasteiger partial charge < -0.3 is 5.11 Å². The second-order valence-corrected chi connectivity index (χ2v) is 7.54. The molecule has 0 spiro atoms. The van der Waals surface area contributed by atoms with E-state index in [2.05, 4.69) is 18.6 Å². The van der Waals surface area contributed by atoms with Crippen LogP contribution in [0.4, 0.5) is 0 Å². The minimum absolute atomic E-state index is 0.109. The number of aliphatic hydroxyl groups excluding tert-OH is 1. The van der Waals surface area contributed by atoms with Crippen LogP contribution in [0.3, 0.4) is 0 Å². The molecule has 0 fully saturated rings. The lowest BCUT2D eigenvalue weighted by molar-refractivity contribution is 0.252. The minimum atomic E-state index is -3.52. The Hall–Kier alpha value is -0.910. The number of nitrogens with one attached hydrogen (secondary N) is 1. The van der Waals surface area contributed by atoms with Crippen LogP contribution in [-0.4, -0.2) is 20.1 Å². The summed E-state index contributed by atoms with van der Waals surface area (Å²) >= 11 is 0. The maximum absolute atomic E-state index is 12.2. The van der Waals surface area contributed by atoms with Gasteiger partial charge in [-0.1, -0.05) is 39.8 Å². The third-order valence-corrected chi connectivity index (χ3v) is 5.07. The lowest BCUT2D eigenvalue weighted by Crippen LogP contribution is -2.36. The summed E-state index contributed by atoms with van der Waals surface area (Å²) < 4.78 is 27.0. The molecule has 0 aliphatic rings. The highest BCUT2D eigenvalue weighted by Gasteiger charge is 2.25. The number of hydrogen-bond donors (Lipinski definition) is 2. The topological polar surface area (TPSA) is 66.4 Å². The normalized spacial score (nSPS) is 12.9. The number of sulfonamides is 1. The molecule has 0 saturated carbocycles. The van der Waals surface area contributed by atoms with Gasteiger partial charge in [-0.2, -0.15) is 0 Å². The maximum Gasteiger partial charge on any atom is 0.240 e. The second kappa shape index (κ2) is 6.03. The fourth-order valence-electron chi connectivity index (χ4n) is 1.38. The Kier molecular flexibility index (Phi) is 5.12. The van der Waals surface area contributed by atoms with Gasteiger partial charge in [-0.25, -0.2) is 13.1 Å². The molecule has 2 N–H and O–H groups in total. The van der Waals surface area contributed by atoms with E-state index in [-0.39, 0.29) is 16.9 Å². The molecule has 4 nitrogen and oxygen atoms in total. The van der Waals surface area contributed by atoms with E-state index in [0.29, 0.717) is 18.0 Å². The van der Waals surface area contributed by atoms with Gasteiger partial charge in [-0.3, -0.25) is 0 Å². The summed E-state index contributed by atoms with van der Waals surface area (Å²) in [6.45, 7) is 8.42. The monoisotopic (exact) mass is 285 g/mol. The van der Waals surface area contributed by atoms with Crippen molar-refractivity contribution in [2.24, 2.45) is 11.3 Å². The molecule has 1 aromatic carbocycles. The Bertz CT molecular complexity index is 521. The summed E-state index contributed by atoms with van der Waals surface area (Å²) in [4.78, 5) is 0.193. The number of rotatable bonds is 6. The Balaban J connectivity index is 2.87. The third-order valence-electron chi connectivity index (χ3n) is 3.67. The molecule has 1 rings (SSSR count). The average molecular weight is 285 g/mol. The Morgan fingerprint density at radius 3 is 2.47 bits per heavy atom. The summed E-state index contributed by atoms with van der Waals surface area (Å²) in [5.74, 6) is 0.374. The summed E-state index contributed by atoms with van der Waals surface area (Å²) in [6, 6.07) is 6.35. The van der Waals surface area contributed by atoms with Crippen LogP contribution in [0.5, 0.6) is 0 Å².